The maximum Gasteiger partial charge on any atom is 0.275 e. The summed E-state index contributed by atoms with van der Waals surface area (Å²) >= 11 is 0. The van der Waals surface area contributed by atoms with Gasteiger partial charge in [0.25, 0.3) is 5.91 Å². The molecule has 2 heterocycles. The largest absolute Gasteiger partial charge is 0.447 e. The van der Waals surface area contributed by atoms with E-state index < -0.39 is 11.6 Å². The summed E-state index contributed by atoms with van der Waals surface area (Å²) in [4.78, 5) is 20.4. The molecule has 32 heavy (non-hydrogen) atoms. The Hall–Kier alpha value is -3.17. The summed E-state index contributed by atoms with van der Waals surface area (Å²) in [5, 5.41) is 0. The first-order chi connectivity index (χ1) is 15.5. The van der Waals surface area contributed by atoms with Crippen LogP contribution in [0.15, 0.2) is 53.1 Å². The van der Waals surface area contributed by atoms with Gasteiger partial charge in [-0.1, -0.05) is 18.2 Å². The molecule has 0 atom stereocenters. The van der Waals surface area contributed by atoms with Crippen molar-refractivity contribution in [3.05, 3.63) is 88.9 Å². The molecule has 1 saturated heterocycles. The van der Waals surface area contributed by atoms with E-state index in [-0.39, 0.29) is 36.4 Å². The molecular weight excluding hydrogens is 423 g/mol. The summed E-state index contributed by atoms with van der Waals surface area (Å²) in [7, 11) is 0. The molecule has 0 bridgehead atoms. The van der Waals surface area contributed by atoms with Crippen LogP contribution < -0.4 is 0 Å². The lowest BCUT2D eigenvalue weighted by Crippen LogP contribution is -2.40. The van der Waals surface area contributed by atoms with Crippen molar-refractivity contribution in [2.24, 2.45) is 0 Å². The highest BCUT2D eigenvalue weighted by molar-refractivity contribution is 5.92. The van der Waals surface area contributed by atoms with Gasteiger partial charge in [-0.15, -0.1) is 0 Å². The third-order valence-corrected chi connectivity index (χ3v) is 5.16. The second-order valence-corrected chi connectivity index (χ2v) is 7.54. The SMILES string of the molecule is O=C(c1coc(CN(Cc2ccc(F)cc2)Cc2ccc(F)cc2F)n1)N1CCOCC1. The number of amides is 1. The zero-order valence-corrected chi connectivity index (χ0v) is 17.3. The van der Waals surface area contributed by atoms with Crippen molar-refractivity contribution in [1.82, 2.24) is 14.8 Å². The van der Waals surface area contributed by atoms with Crippen molar-refractivity contribution in [2.45, 2.75) is 19.6 Å². The van der Waals surface area contributed by atoms with E-state index in [0.29, 0.717) is 38.4 Å². The minimum atomic E-state index is -0.662. The van der Waals surface area contributed by atoms with Crippen molar-refractivity contribution in [3.63, 3.8) is 0 Å². The van der Waals surface area contributed by atoms with Crippen molar-refractivity contribution in [3.8, 4) is 0 Å². The predicted octanol–water partition coefficient (Wildman–Crippen LogP) is 3.77. The van der Waals surface area contributed by atoms with E-state index in [0.717, 1.165) is 11.6 Å². The molecule has 0 spiro atoms. The molecule has 1 fully saturated rings. The van der Waals surface area contributed by atoms with Gasteiger partial charge in [0.05, 0.1) is 19.8 Å². The van der Waals surface area contributed by atoms with Gasteiger partial charge in [-0.3, -0.25) is 9.69 Å². The monoisotopic (exact) mass is 445 g/mol. The molecule has 0 aliphatic carbocycles. The van der Waals surface area contributed by atoms with Crippen molar-refractivity contribution in [1.29, 1.82) is 0 Å². The van der Waals surface area contributed by atoms with E-state index in [4.69, 9.17) is 9.15 Å². The number of carbonyl (C=O) groups is 1. The fraction of sp³-hybridized carbons (Fsp3) is 0.304. The number of rotatable bonds is 7. The summed E-state index contributed by atoms with van der Waals surface area (Å²) in [5.41, 5.74) is 1.28. The Bertz CT molecular complexity index is 1070. The molecule has 168 valence electrons. The second kappa shape index (κ2) is 9.97. The van der Waals surface area contributed by atoms with E-state index in [1.54, 1.807) is 17.0 Å². The Balaban J connectivity index is 1.51. The molecule has 6 nitrogen and oxygen atoms in total. The summed E-state index contributed by atoms with van der Waals surface area (Å²) < 4.78 is 51.6. The van der Waals surface area contributed by atoms with Crippen LogP contribution in [0.2, 0.25) is 0 Å². The lowest BCUT2D eigenvalue weighted by Gasteiger charge is -2.25. The maximum atomic E-state index is 14.2. The smallest absolute Gasteiger partial charge is 0.275 e. The summed E-state index contributed by atoms with van der Waals surface area (Å²) in [6.45, 7) is 2.58. The van der Waals surface area contributed by atoms with E-state index in [2.05, 4.69) is 4.98 Å². The fourth-order valence-corrected chi connectivity index (χ4v) is 3.51. The van der Waals surface area contributed by atoms with E-state index in [1.165, 1.54) is 30.5 Å². The fourth-order valence-electron chi connectivity index (χ4n) is 3.51. The number of carbonyl (C=O) groups excluding carboxylic acids is 1. The number of benzene rings is 2. The number of ether oxygens (including phenoxy) is 1. The molecule has 0 unspecified atom stereocenters. The van der Waals surface area contributed by atoms with Crippen LogP contribution in [0.5, 0.6) is 0 Å². The first-order valence-corrected chi connectivity index (χ1v) is 10.2. The van der Waals surface area contributed by atoms with Crippen LogP contribution in [0.1, 0.15) is 27.5 Å². The number of aromatic nitrogens is 1. The number of halogens is 3. The Kier molecular flexibility index (Phi) is 6.87. The first kappa shape index (κ1) is 22.0. The molecule has 4 rings (SSSR count). The molecule has 1 aliphatic heterocycles. The predicted molar refractivity (Wildman–Crippen MR) is 109 cm³/mol. The van der Waals surface area contributed by atoms with Gasteiger partial charge in [-0.05, 0) is 23.8 Å². The molecule has 0 radical (unpaired) electrons. The van der Waals surface area contributed by atoms with Crippen LogP contribution in [0.3, 0.4) is 0 Å². The molecule has 1 aromatic heterocycles. The van der Waals surface area contributed by atoms with Crippen LogP contribution in [0.25, 0.3) is 0 Å². The molecule has 0 N–H and O–H groups in total. The summed E-state index contributed by atoms with van der Waals surface area (Å²) in [5.74, 6) is -1.63. The molecule has 3 aromatic rings. The second-order valence-electron chi connectivity index (χ2n) is 7.54. The first-order valence-electron chi connectivity index (χ1n) is 10.2. The molecule has 1 amide bonds. The van der Waals surface area contributed by atoms with Gasteiger partial charge >= 0.3 is 0 Å². The molecule has 1 aliphatic rings. The normalized spacial score (nSPS) is 14.2. The van der Waals surface area contributed by atoms with Crippen molar-refractivity contribution in [2.75, 3.05) is 26.3 Å². The number of hydrogen-bond acceptors (Lipinski definition) is 5. The third kappa shape index (κ3) is 5.54. The molecular formula is C23H22F3N3O3. The van der Waals surface area contributed by atoms with E-state index in [1.807, 2.05) is 4.90 Å². The topological polar surface area (TPSA) is 58.8 Å². The number of morpholine rings is 1. The van der Waals surface area contributed by atoms with Crippen LogP contribution in [-0.2, 0) is 24.4 Å². The molecule has 9 heteroatoms. The zero-order valence-electron chi connectivity index (χ0n) is 17.3. The standard InChI is InChI=1S/C23H22F3N3O3/c24-18-4-1-16(2-5-18)12-28(13-17-3-6-19(25)11-20(17)26)14-22-27-21(15-32-22)23(30)29-7-9-31-10-8-29/h1-6,11,15H,7-10,12-14H2. The lowest BCUT2D eigenvalue weighted by atomic mass is 10.1. The molecule has 0 saturated carbocycles. The van der Waals surface area contributed by atoms with Crippen LogP contribution in [0, 0.1) is 17.5 Å². The van der Waals surface area contributed by atoms with Gasteiger partial charge in [0.1, 0.15) is 23.7 Å². The Labute approximate surface area is 183 Å². The zero-order chi connectivity index (χ0) is 22.5. The van der Waals surface area contributed by atoms with Crippen LogP contribution in [-0.4, -0.2) is 47.0 Å². The van der Waals surface area contributed by atoms with Gasteiger partial charge in [0.2, 0.25) is 5.89 Å². The van der Waals surface area contributed by atoms with Gasteiger partial charge < -0.3 is 14.1 Å². The Morgan fingerprint density at radius 1 is 0.969 bits per heavy atom. The van der Waals surface area contributed by atoms with Gasteiger partial charge in [-0.2, -0.15) is 0 Å². The number of nitrogens with zero attached hydrogens (tertiary/aromatic N) is 3. The molecule has 2 aromatic carbocycles. The van der Waals surface area contributed by atoms with Gasteiger partial charge in [0, 0.05) is 37.8 Å². The number of hydrogen-bond donors (Lipinski definition) is 0. The minimum Gasteiger partial charge on any atom is -0.447 e. The number of oxazole rings is 1. The van der Waals surface area contributed by atoms with Crippen molar-refractivity contribution < 1.29 is 27.1 Å². The van der Waals surface area contributed by atoms with Gasteiger partial charge in [0.15, 0.2) is 5.69 Å². The van der Waals surface area contributed by atoms with E-state index in [9.17, 15) is 18.0 Å². The summed E-state index contributed by atoms with van der Waals surface area (Å²) in [6, 6.07) is 9.35. The van der Waals surface area contributed by atoms with Crippen LogP contribution >= 0.6 is 0 Å². The minimum absolute atomic E-state index is 0.138. The van der Waals surface area contributed by atoms with Crippen LogP contribution in [0.4, 0.5) is 13.2 Å². The third-order valence-electron chi connectivity index (χ3n) is 5.16. The maximum absolute atomic E-state index is 14.2. The average Bonchev–Trinajstić information content (AvgIpc) is 3.26. The summed E-state index contributed by atoms with van der Waals surface area (Å²) in [6.07, 6.45) is 1.31. The average molecular weight is 445 g/mol. The van der Waals surface area contributed by atoms with Gasteiger partial charge in [-0.25, -0.2) is 18.2 Å². The Morgan fingerprint density at radius 2 is 1.69 bits per heavy atom. The highest BCUT2D eigenvalue weighted by atomic mass is 19.1. The van der Waals surface area contributed by atoms with Crippen molar-refractivity contribution >= 4 is 5.91 Å². The van der Waals surface area contributed by atoms with E-state index >= 15 is 0 Å². The highest BCUT2D eigenvalue weighted by Crippen LogP contribution is 2.18. The Morgan fingerprint density at radius 3 is 2.41 bits per heavy atom. The lowest BCUT2D eigenvalue weighted by molar-refractivity contribution is 0.0299. The quantitative estimate of drug-likeness (QED) is 0.554. The highest BCUT2D eigenvalue weighted by Gasteiger charge is 2.22.